The fourth-order valence-corrected chi connectivity index (χ4v) is 9.02. The predicted octanol–water partition coefficient (Wildman–Crippen LogP) is 3.84. The second kappa shape index (κ2) is 7.21. The van der Waals surface area contributed by atoms with Crippen LogP contribution in [0.3, 0.4) is 0 Å². The topological polar surface area (TPSA) is 66.5 Å². The third-order valence-electron chi connectivity index (χ3n) is 7.92. The maximum absolute atomic E-state index is 13.3. The molecular weight excluding hydrogens is 420 g/mol. The van der Waals surface area contributed by atoms with Crippen molar-refractivity contribution < 1.29 is 13.2 Å². The Bertz CT molecular complexity index is 924. The molecule has 6 rings (SSSR count). The number of benzene rings is 1. The number of halogens is 1. The molecule has 1 aliphatic heterocycles. The van der Waals surface area contributed by atoms with Crippen molar-refractivity contribution in [3.8, 4) is 0 Å². The maximum atomic E-state index is 13.3. The van der Waals surface area contributed by atoms with Crippen molar-refractivity contribution in [2.75, 3.05) is 13.1 Å². The number of alkyl halides is 1. The van der Waals surface area contributed by atoms with E-state index in [0.717, 1.165) is 37.7 Å². The lowest BCUT2D eigenvalue weighted by Crippen LogP contribution is -2.60. The average molecular weight is 451 g/mol. The normalized spacial score (nSPS) is 36.7. The van der Waals surface area contributed by atoms with Gasteiger partial charge in [0.15, 0.2) is 0 Å². The lowest BCUT2D eigenvalue weighted by molar-refractivity contribution is -0.145. The summed E-state index contributed by atoms with van der Waals surface area (Å²) in [4.78, 5) is 13.5. The molecule has 1 saturated heterocycles. The number of piperidine rings is 1. The lowest BCUT2D eigenvalue weighted by atomic mass is 9.49. The Morgan fingerprint density at radius 3 is 2.23 bits per heavy atom. The molecule has 0 spiro atoms. The van der Waals surface area contributed by atoms with Crippen LogP contribution in [-0.4, -0.2) is 42.6 Å². The highest BCUT2D eigenvalue weighted by molar-refractivity contribution is 7.89. The standard InChI is InChI=1S/C23H31ClN2O3S/c1-16-2-4-20(5-3-16)30(28,29)26-8-6-19(7-9-26)25-21(27)22-11-17-10-18(12-22)14-23(24,13-17)15-22/h2-5,17-19H,6-15H2,1H3,(H,25,27). The van der Waals surface area contributed by atoms with Crippen LogP contribution in [0.5, 0.6) is 0 Å². The van der Waals surface area contributed by atoms with Crippen LogP contribution in [-0.2, 0) is 14.8 Å². The van der Waals surface area contributed by atoms with E-state index in [9.17, 15) is 13.2 Å². The molecule has 1 aromatic rings. The molecule has 1 amide bonds. The Morgan fingerprint density at radius 1 is 1.07 bits per heavy atom. The molecule has 5 nitrogen and oxygen atoms in total. The van der Waals surface area contributed by atoms with Crippen LogP contribution in [0.4, 0.5) is 0 Å². The highest BCUT2D eigenvalue weighted by Gasteiger charge is 2.60. The van der Waals surface area contributed by atoms with Gasteiger partial charge in [-0.25, -0.2) is 8.42 Å². The van der Waals surface area contributed by atoms with Gasteiger partial charge in [-0.05, 0) is 82.3 Å². The summed E-state index contributed by atoms with van der Waals surface area (Å²) in [5, 5.41) is 3.29. The number of hydrogen-bond donors (Lipinski definition) is 1. The molecule has 5 aliphatic rings. The van der Waals surface area contributed by atoms with Crippen molar-refractivity contribution >= 4 is 27.5 Å². The van der Waals surface area contributed by atoms with E-state index in [4.69, 9.17) is 11.6 Å². The van der Waals surface area contributed by atoms with E-state index in [0.29, 0.717) is 42.7 Å². The summed E-state index contributed by atoms with van der Waals surface area (Å²) in [6.45, 7) is 2.83. The number of nitrogens with one attached hydrogen (secondary N) is 1. The summed E-state index contributed by atoms with van der Waals surface area (Å²) >= 11 is 6.89. The van der Waals surface area contributed by atoms with E-state index in [1.165, 1.54) is 6.42 Å². The molecule has 7 heteroatoms. The fraction of sp³-hybridized carbons (Fsp3) is 0.696. The van der Waals surface area contributed by atoms with Crippen molar-refractivity contribution in [1.82, 2.24) is 9.62 Å². The first-order valence-electron chi connectivity index (χ1n) is 11.2. The van der Waals surface area contributed by atoms with Crippen LogP contribution in [0, 0.1) is 24.2 Å². The highest BCUT2D eigenvalue weighted by atomic mass is 35.5. The van der Waals surface area contributed by atoms with Crippen LogP contribution >= 0.6 is 11.6 Å². The van der Waals surface area contributed by atoms with Crippen LogP contribution in [0.1, 0.15) is 56.9 Å². The van der Waals surface area contributed by atoms with Crippen molar-refractivity contribution in [2.24, 2.45) is 17.3 Å². The minimum Gasteiger partial charge on any atom is -0.353 e. The van der Waals surface area contributed by atoms with E-state index in [1.54, 1.807) is 16.4 Å². The Hall–Kier alpha value is -1.11. The second-order valence-electron chi connectivity index (χ2n) is 10.4. The zero-order valence-electron chi connectivity index (χ0n) is 17.6. The van der Waals surface area contributed by atoms with E-state index >= 15 is 0 Å². The minimum atomic E-state index is -3.47. The second-order valence-corrected chi connectivity index (χ2v) is 13.1. The smallest absolute Gasteiger partial charge is 0.243 e. The summed E-state index contributed by atoms with van der Waals surface area (Å²) in [5.41, 5.74) is 0.746. The molecule has 1 aromatic carbocycles. The van der Waals surface area contributed by atoms with Crippen molar-refractivity contribution in [2.45, 2.75) is 74.1 Å². The van der Waals surface area contributed by atoms with Gasteiger partial charge in [0.1, 0.15) is 0 Å². The zero-order chi connectivity index (χ0) is 21.1. The number of aryl methyl sites for hydroxylation is 1. The summed E-state index contributed by atoms with van der Waals surface area (Å²) in [5.74, 6) is 1.36. The third kappa shape index (κ3) is 3.59. The summed E-state index contributed by atoms with van der Waals surface area (Å²) in [7, 11) is -3.47. The number of amides is 1. The molecule has 4 saturated carbocycles. The molecule has 30 heavy (non-hydrogen) atoms. The monoisotopic (exact) mass is 450 g/mol. The van der Waals surface area contributed by atoms with Gasteiger partial charge >= 0.3 is 0 Å². The molecule has 1 heterocycles. The molecule has 4 bridgehead atoms. The van der Waals surface area contributed by atoms with Crippen LogP contribution in [0.15, 0.2) is 29.2 Å². The van der Waals surface area contributed by atoms with Crippen LogP contribution in [0.25, 0.3) is 0 Å². The fourth-order valence-electron chi connectivity index (χ4n) is 6.85. The number of sulfonamides is 1. The van der Waals surface area contributed by atoms with E-state index in [2.05, 4.69) is 5.32 Å². The molecule has 2 atom stereocenters. The first-order valence-corrected chi connectivity index (χ1v) is 13.1. The van der Waals surface area contributed by atoms with Gasteiger partial charge in [0.25, 0.3) is 0 Å². The number of nitrogens with zero attached hydrogens (tertiary/aromatic N) is 1. The number of rotatable bonds is 4. The SMILES string of the molecule is Cc1ccc(S(=O)(=O)N2CCC(NC(=O)C34CC5CC(CC(Cl)(C5)C3)C4)CC2)cc1. The summed E-state index contributed by atoms with van der Waals surface area (Å²) in [6, 6.07) is 7.05. The third-order valence-corrected chi connectivity index (χ3v) is 10.3. The van der Waals surface area contributed by atoms with Crippen molar-refractivity contribution in [3.63, 3.8) is 0 Å². The van der Waals surface area contributed by atoms with Crippen molar-refractivity contribution in [3.05, 3.63) is 29.8 Å². The Balaban J connectivity index is 1.22. The van der Waals surface area contributed by atoms with Gasteiger partial charge in [-0.2, -0.15) is 4.31 Å². The summed E-state index contributed by atoms with van der Waals surface area (Å²) < 4.78 is 27.4. The minimum absolute atomic E-state index is 0.0428. The summed E-state index contributed by atoms with van der Waals surface area (Å²) in [6.07, 6.45) is 7.44. The molecule has 1 N–H and O–H groups in total. The number of carbonyl (C=O) groups excluding carboxylic acids is 1. The van der Waals surface area contributed by atoms with Crippen LogP contribution < -0.4 is 5.32 Å². The van der Waals surface area contributed by atoms with Crippen LogP contribution in [0.2, 0.25) is 0 Å². The van der Waals surface area contributed by atoms with E-state index < -0.39 is 10.0 Å². The van der Waals surface area contributed by atoms with Crippen molar-refractivity contribution in [1.29, 1.82) is 0 Å². The average Bonchev–Trinajstić information content (AvgIpc) is 2.67. The Kier molecular flexibility index (Phi) is 4.99. The molecule has 4 aliphatic carbocycles. The molecule has 164 valence electrons. The van der Waals surface area contributed by atoms with Gasteiger partial charge in [-0.1, -0.05) is 17.7 Å². The van der Waals surface area contributed by atoms with Gasteiger partial charge in [-0.3, -0.25) is 4.79 Å². The van der Waals surface area contributed by atoms with E-state index in [-0.39, 0.29) is 22.2 Å². The maximum Gasteiger partial charge on any atom is 0.243 e. The Labute approximate surface area is 184 Å². The van der Waals surface area contributed by atoms with Gasteiger partial charge in [0, 0.05) is 24.0 Å². The highest BCUT2D eigenvalue weighted by Crippen LogP contribution is 2.63. The first-order chi connectivity index (χ1) is 14.2. The largest absolute Gasteiger partial charge is 0.353 e. The van der Waals surface area contributed by atoms with E-state index in [1.807, 2.05) is 19.1 Å². The van der Waals surface area contributed by atoms with Gasteiger partial charge in [0.2, 0.25) is 15.9 Å². The zero-order valence-corrected chi connectivity index (χ0v) is 19.1. The van der Waals surface area contributed by atoms with Gasteiger partial charge < -0.3 is 5.32 Å². The first kappa shape index (κ1) is 20.8. The predicted molar refractivity (Wildman–Crippen MR) is 117 cm³/mol. The molecule has 0 radical (unpaired) electrons. The Morgan fingerprint density at radius 2 is 1.67 bits per heavy atom. The number of carbonyl (C=O) groups is 1. The lowest BCUT2D eigenvalue weighted by Gasteiger charge is -2.59. The molecular formula is C23H31ClN2O3S. The molecule has 2 unspecified atom stereocenters. The quantitative estimate of drug-likeness (QED) is 0.708. The molecule has 0 aromatic heterocycles. The van der Waals surface area contributed by atoms with Gasteiger partial charge in [0.05, 0.1) is 10.3 Å². The van der Waals surface area contributed by atoms with Gasteiger partial charge in [-0.15, -0.1) is 11.6 Å². The molecule has 5 fully saturated rings. The number of hydrogen-bond acceptors (Lipinski definition) is 3.